The Hall–Kier alpha value is -5.81. The molecule has 0 saturated carbocycles. The molecule has 196 valence electrons. The Balaban J connectivity index is 1.43. The predicted octanol–water partition coefficient (Wildman–Crippen LogP) is 9.36. The van der Waals surface area contributed by atoms with Crippen molar-refractivity contribution >= 4 is 54.5 Å². The monoisotopic (exact) mass is 538 g/mol. The third-order valence-electron chi connectivity index (χ3n) is 8.06. The van der Waals surface area contributed by atoms with Crippen LogP contribution in [0.25, 0.3) is 83.2 Å². The number of aromatic nitrogens is 4. The Morgan fingerprint density at radius 2 is 1.19 bits per heavy atom. The molecule has 3 aromatic heterocycles. The van der Waals surface area contributed by atoms with Crippen molar-refractivity contribution in [3.63, 3.8) is 0 Å². The average molecular weight is 539 g/mol. The van der Waals surface area contributed by atoms with Crippen LogP contribution in [0.4, 0.5) is 0 Å². The first kappa shape index (κ1) is 22.9. The third-order valence-corrected chi connectivity index (χ3v) is 8.06. The standard InChI is InChI=1S/C37H22N4O/c1-2-12-24(13-3-1)35-38-36(29-17-10-20-32-33(29)28-16-7-9-19-31(28)42-32)40-37(39-35)41-30-18-8-6-15-26(30)27-22-21-23-11-4-5-14-25(23)34(27)41/h1-22H. The van der Waals surface area contributed by atoms with Gasteiger partial charge < -0.3 is 4.42 Å². The van der Waals surface area contributed by atoms with Gasteiger partial charge in [-0.05, 0) is 23.6 Å². The van der Waals surface area contributed by atoms with Crippen LogP contribution in [0, 0.1) is 0 Å². The van der Waals surface area contributed by atoms with Gasteiger partial charge in [0.15, 0.2) is 11.6 Å². The molecule has 5 nitrogen and oxygen atoms in total. The lowest BCUT2D eigenvalue weighted by molar-refractivity contribution is 0.669. The van der Waals surface area contributed by atoms with E-state index in [1.54, 1.807) is 0 Å². The van der Waals surface area contributed by atoms with Gasteiger partial charge in [0, 0.05) is 38.1 Å². The van der Waals surface area contributed by atoms with Crippen LogP contribution in [0.15, 0.2) is 138 Å². The molecule has 0 bridgehead atoms. The normalized spacial score (nSPS) is 11.8. The number of hydrogen-bond acceptors (Lipinski definition) is 4. The van der Waals surface area contributed by atoms with Crippen LogP contribution in [0.1, 0.15) is 0 Å². The summed E-state index contributed by atoms with van der Waals surface area (Å²) in [4.78, 5) is 15.4. The maximum atomic E-state index is 6.22. The summed E-state index contributed by atoms with van der Waals surface area (Å²) in [6, 6.07) is 45.6. The van der Waals surface area contributed by atoms with Gasteiger partial charge in [0.2, 0.25) is 5.95 Å². The highest BCUT2D eigenvalue weighted by atomic mass is 16.3. The van der Waals surface area contributed by atoms with Crippen molar-refractivity contribution in [2.24, 2.45) is 0 Å². The fourth-order valence-corrected chi connectivity index (χ4v) is 6.20. The number of para-hydroxylation sites is 2. The average Bonchev–Trinajstić information content (AvgIpc) is 3.61. The molecular formula is C37H22N4O. The number of benzene rings is 6. The van der Waals surface area contributed by atoms with E-state index in [1.807, 2.05) is 60.7 Å². The fourth-order valence-electron chi connectivity index (χ4n) is 6.20. The summed E-state index contributed by atoms with van der Waals surface area (Å²) in [6.45, 7) is 0. The second kappa shape index (κ2) is 8.85. The molecule has 0 fully saturated rings. The van der Waals surface area contributed by atoms with E-state index in [9.17, 15) is 0 Å². The molecule has 0 radical (unpaired) electrons. The third kappa shape index (κ3) is 3.34. The van der Waals surface area contributed by atoms with Gasteiger partial charge in [-0.25, -0.2) is 4.98 Å². The highest BCUT2D eigenvalue weighted by Gasteiger charge is 2.21. The lowest BCUT2D eigenvalue weighted by Gasteiger charge is -2.12. The second-order valence-corrected chi connectivity index (χ2v) is 10.5. The van der Waals surface area contributed by atoms with Crippen molar-refractivity contribution in [1.82, 2.24) is 19.5 Å². The maximum Gasteiger partial charge on any atom is 0.238 e. The van der Waals surface area contributed by atoms with Crippen LogP contribution in [0.5, 0.6) is 0 Å². The first-order chi connectivity index (χ1) is 20.8. The maximum absolute atomic E-state index is 6.22. The first-order valence-electron chi connectivity index (χ1n) is 14.0. The summed E-state index contributed by atoms with van der Waals surface area (Å²) in [7, 11) is 0. The van der Waals surface area contributed by atoms with E-state index in [0.29, 0.717) is 17.6 Å². The highest BCUT2D eigenvalue weighted by molar-refractivity contribution is 6.18. The molecule has 0 aliphatic carbocycles. The lowest BCUT2D eigenvalue weighted by Crippen LogP contribution is -2.06. The summed E-state index contributed by atoms with van der Waals surface area (Å²) < 4.78 is 8.41. The summed E-state index contributed by atoms with van der Waals surface area (Å²) in [5.74, 6) is 1.79. The summed E-state index contributed by atoms with van der Waals surface area (Å²) in [5, 5.41) is 6.67. The van der Waals surface area contributed by atoms with Crippen molar-refractivity contribution in [2.45, 2.75) is 0 Å². The SMILES string of the molecule is c1ccc(-c2nc(-c3cccc4oc5ccccc5c34)nc(-n3c4ccccc4c4ccc5ccccc5c43)n2)cc1. The van der Waals surface area contributed by atoms with Gasteiger partial charge in [-0.2, -0.15) is 9.97 Å². The Bertz CT molecular complexity index is 2470. The van der Waals surface area contributed by atoms with E-state index in [-0.39, 0.29) is 0 Å². The minimum absolute atomic E-state index is 0.575. The lowest BCUT2D eigenvalue weighted by atomic mass is 10.1. The van der Waals surface area contributed by atoms with E-state index in [2.05, 4.69) is 77.4 Å². The van der Waals surface area contributed by atoms with E-state index in [1.165, 1.54) is 5.39 Å². The topological polar surface area (TPSA) is 56.7 Å². The molecule has 6 aromatic carbocycles. The molecule has 9 rings (SSSR count). The van der Waals surface area contributed by atoms with Crippen molar-refractivity contribution in [1.29, 1.82) is 0 Å². The molecule has 0 unspecified atom stereocenters. The molecule has 5 heteroatoms. The minimum atomic E-state index is 0.575. The molecule has 0 atom stereocenters. The van der Waals surface area contributed by atoms with Crippen molar-refractivity contribution < 1.29 is 4.42 Å². The Morgan fingerprint density at radius 1 is 0.476 bits per heavy atom. The zero-order chi connectivity index (χ0) is 27.6. The molecular weight excluding hydrogens is 516 g/mol. The van der Waals surface area contributed by atoms with Gasteiger partial charge in [-0.15, -0.1) is 0 Å². The zero-order valence-corrected chi connectivity index (χ0v) is 22.4. The van der Waals surface area contributed by atoms with E-state index in [4.69, 9.17) is 19.4 Å². The van der Waals surface area contributed by atoms with Crippen molar-refractivity contribution in [3.05, 3.63) is 133 Å². The first-order valence-corrected chi connectivity index (χ1v) is 14.0. The predicted molar refractivity (Wildman–Crippen MR) is 170 cm³/mol. The number of fused-ring (bicyclic) bond motifs is 8. The minimum Gasteiger partial charge on any atom is -0.456 e. The Kier molecular flexibility index (Phi) is 4.83. The second-order valence-electron chi connectivity index (χ2n) is 10.5. The smallest absolute Gasteiger partial charge is 0.238 e. The van der Waals surface area contributed by atoms with Crippen LogP contribution in [0.3, 0.4) is 0 Å². The molecule has 42 heavy (non-hydrogen) atoms. The van der Waals surface area contributed by atoms with E-state index >= 15 is 0 Å². The quantitative estimate of drug-likeness (QED) is 0.225. The van der Waals surface area contributed by atoms with Crippen LogP contribution < -0.4 is 0 Å². The number of rotatable bonds is 3. The summed E-state index contributed by atoms with van der Waals surface area (Å²) >= 11 is 0. The highest BCUT2D eigenvalue weighted by Crippen LogP contribution is 2.38. The molecule has 0 aliphatic heterocycles. The van der Waals surface area contributed by atoms with Crippen LogP contribution in [0.2, 0.25) is 0 Å². The fraction of sp³-hybridized carbons (Fsp3) is 0. The molecule has 0 N–H and O–H groups in total. The Labute approximate surface area is 240 Å². The van der Waals surface area contributed by atoms with Gasteiger partial charge in [-0.1, -0.05) is 115 Å². The van der Waals surface area contributed by atoms with Crippen LogP contribution in [-0.4, -0.2) is 19.5 Å². The van der Waals surface area contributed by atoms with Gasteiger partial charge >= 0.3 is 0 Å². The van der Waals surface area contributed by atoms with Gasteiger partial charge in [0.25, 0.3) is 0 Å². The van der Waals surface area contributed by atoms with Crippen molar-refractivity contribution in [3.8, 4) is 28.7 Å². The number of furan rings is 1. The van der Waals surface area contributed by atoms with E-state index in [0.717, 1.165) is 60.3 Å². The molecule has 9 aromatic rings. The molecule has 0 spiro atoms. The number of nitrogens with zero attached hydrogens (tertiary/aromatic N) is 4. The molecule has 3 heterocycles. The molecule has 0 amide bonds. The van der Waals surface area contributed by atoms with Crippen molar-refractivity contribution in [2.75, 3.05) is 0 Å². The molecule has 0 aliphatic rings. The summed E-state index contributed by atoms with van der Waals surface area (Å²) in [6.07, 6.45) is 0. The summed E-state index contributed by atoms with van der Waals surface area (Å²) in [5.41, 5.74) is 5.61. The zero-order valence-electron chi connectivity index (χ0n) is 22.4. The van der Waals surface area contributed by atoms with Gasteiger partial charge in [-0.3, -0.25) is 4.57 Å². The number of hydrogen-bond donors (Lipinski definition) is 0. The van der Waals surface area contributed by atoms with Gasteiger partial charge in [0.05, 0.1) is 11.0 Å². The van der Waals surface area contributed by atoms with Gasteiger partial charge in [0.1, 0.15) is 11.2 Å². The molecule has 0 saturated heterocycles. The van der Waals surface area contributed by atoms with E-state index < -0.39 is 0 Å². The largest absolute Gasteiger partial charge is 0.456 e. The van der Waals surface area contributed by atoms with Crippen LogP contribution in [-0.2, 0) is 0 Å². The Morgan fingerprint density at radius 3 is 2.10 bits per heavy atom. The van der Waals surface area contributed by atoms with Crippen LogP contribution >= 0.6 is 0 Å².